The highest BCUT2D eigenvalue weighted by Crippen LogP contribution is 2.36. The van der Waals surface area contributed by atoms with Gasteiger partial charge >= 0.3 is 18.3 Å². The SMILES string of the molecule is O=C(O)CCCCC(=O)c1cc(C(F)(F)F)cc(C(F)(F)F)c1. The number of carbonyl (C=O) groups is 2. The van der Waals surface area contributed by atoms with Crippen LogP contribution in [0.2, 0.25) is 0 Å². The van der Waals surface area contributed by atoms with Gasteiger partial charge in [0.05, 0.1) is 11.1 Å². The summed E-state index contributed by atoms with van der Waals surface area (Å²) in [6, 6.07) is 0.685. The zero-order valence-corrected chi connectivity index (χ0v) is 11.6. The van der Waals surface area contributed by atoms with Gasteiger partial charge in [-0.2, -0.15) is 26.3 Å². The number of ketones is 1. The van der Waals surface area contributed by atoms with Crippen LogP contribution < -0.4 is 0 Å². The van der Waals surface area contributed by atoms with Crippen LogP contribution in [0.25, 0.3) is 0 Å². The van der Waals surface area contributed by atoms with Gasteiger partial charge in [0.15, 0.2) is 5.78 Å². The first-order valence-electron chi connectivity index (χ1n) is 6.45. The molecular formula is C14H12F6O3. The Labute approximate surface area is 126 Å². The lowest BCUT2D eigenvalue weighted by Gasteiger charge is -2.13. The zero-order valence-electron chi connectivity index (χ0n) is 11.6. The molecule has 1 aromatic carbocycles. The van der Waals surface area contributed by atoms with Gasteiger partial charge in [-0.3, -0.25) is 9.59 Å². The van der Waals surface area contributed by atoms with Crippen LogP contribution in [0.1, 0.15) is 47.2 Å². The predicted molar refractivity (Wildman–Crippen MR) is 66.9 cm³/mol. The second-order valence-corrected chi connectivity index (χ2v) is 4.82. The molecule has 0 saturated carbocycles. The largest absolute Gasteiger partial charge is 0.481 e. The third-order valence-corrected chi connectivity index (χ3v) is 2.95. The van der Waals surface area contributed by atoms with E-state index in [9.17, 15) is 35.9 Å². The van der Waals surface area contributed by atoms with Gasteiger partial charge in [-0.1, -0.05) is 0 Å². The van der Waals surface area contributed by atoms with E-state index in [0.717, 1.165) is 0 Å². The molecule has 9 heteroatoms. The molecule has 1 rings (SSSR count). The van der Waals surface area contributed by atoms with Gasteiger partial charge in [-0.25, -0.2) is 0 Å². The monoisotopic (exact) mass is 342 g/mol. The van der Waals surface area contributed by atoms with Gasteiger partial charge in [0, 0.05) is 18.4 Å². The predicted octanol–water partition coefficient (Wildman–Crippen LogP) is 4.55. The van der Waals surface area contributed by atoms with E-state index >= 15 is 0 Å². The van der Waals surface area contributed by atoms with E-state index in [1.54, 1.807) is 0 Å². The Balaban J connectivity index is 3.01. The summed E-state index contributed by atoms with van der Waals surface area (Å²) in [6.07, 6.45) is -10.4. The molecule has 0 bridgehead atoms. The Hall–Kier alpha value is -2.06. The number of alkyl halides is 6. The number of benzene rings is 1. The molecule has 0 atom stereocenters. The highest BCUT2D eigenvalue weighted by molar-refractivity contribution is 5.96. The molecule has 0 aliphatic heterocycles. The molecule has 0 spiro atoms. The summed E-state index contributed by atoms with van der Waals surface area (Å²) in [5.74, 6) is -2.00. The smallest absolute Gasteiger partial charge is 0.416 e. The first kappa shape index (κ1) is 19.0. The number of Topliss-reactive ketones (excluding diaryl/α,β-unsaturated/α-hetero) is 1. The molecule has 128 valence electrons. The Kier molecular flexibility index (Phi) is 5.79. The third-order valence-electron chi connectivity index (χ3n) is 2.95. The topological polar surface area (TPSA) is 54.4 Å². The Morgan fingerprint density at radius 3 is 1.65 bits per heavy atom. The van der Waals surface area contributed by atoms with Crippen LogP contribution in [0, 0.1) is 0 Å². The summed E-state index contributed by atoms with van der Waals surface area (Å²) in [4.78, 5) is 22.1. The standard InChI is InChI=1S/C14H12F6O3/c15-13(16,17)9-5-8(6-10(7-9)14(18,19)20)11(21)3-1-2-4-12(22)23/h5-7H,1-4H2,(H,22,23). The van der Waals surface area contributed by atoms with E-state index in [1.165, 1.54) is 0 Å². The maximum absolute atomic E-state index is 12.7. The number of hydrogen-bond donors (Lipinski definition) is 1. The molecule has 0 unspecified atom stereocenters. The van der Waals surface area contributed by atoms with Gasteiger partial charge in [-0.15, -0.1) is 0 Å². The Bertz CT molecular complexity index is 557. The van der Waals surface area contributed by atoms with Crippen LogP contribution in [0.5, 0.6) is 0 Å². The lowest BCUT2D eigenvalue weighted by atomic mass is 9.99. The summed E-state index contributed by atoms with van der Waals surface area (Å²) in [6.45, 7) is 0. The first-order valence-corrected chi connectivity index (χ1v) is 6.45. The lowest BCUT2D eigenvalue weighted by molar-refractivity contribution is -0.143. The van der Waals surface area contributed by atoms with Crippen molar-refractivity contribution >= 4 is 11.8 Å². The molecule has 0 radical (unpaired) electrons. The molecule has 0 aliphatic rings. The van der Waals surface area contributed by atoms with Crippen LogP contribution in [0.15, 0.2) is 18.2 Å². The van der Waals surface area contributed by atoms with E-state index < -0.39 is 40.8 Å². The minimum Gasteiger partial charge on any atom is -0.481 e. The van der Waals surface area contributed by atoms with Crippen molar-refractivity contribution in [1.29, 1.82) is 0 Å². The average molecular weight is 342 g/mol. The van der Waals surface area contributed by atoms with Crippen LogP contribution in [-0.4, -0.2) is 16.9 Å². The highest BCUT2D eigenvalue weighted by atomic mass is 19.4. The second-order valence-electron chi connectivity index (χ2n) is 4.82. The number of aliphatic carboxylic acids is 1. The second kappa shape index (κ2) is 7.01. The molecule has 0 amide bonds. The summed E-state index contributed by atoms with van der Waals surface area (Å²) < 4.78 is 75.9. The number of rotatable bonds is 6. The molecule has 0 aromatic heterocycles. The van der Waals surface area contributed by atoms with Gasteiger partial charge in [0.2, 0.25) is 0 Å². The van der Waals surface area contributed by atoms with Gasteiger partial charge in [-0.05, 0) is 31.0 Å². The fourth-order valence-corrected chi connectivity index (χ4v) is 1.82. The first-order chi connectivity index (χ1) is 10.4. The van der Waals surface area contributed by atoms with Gasteiger partial charge in [0.25, 0.3) is 0 Å². The number of halogens is 6. The van der Waals surface area contributed by atoms with E-state index in [1.807, 2.05) is 0 Å². The van der Waals surface area contributed by atoms with Crippen molar-refractivity contribution in [1.82, 2.24) is 0 Å². The molecule has 1 N–H and O–H groups in total. The number of hydrogen-bond acceptors (Lipinski definition) is 2. The van der Waals surface area contributed by atoms with Crippen molar-refractivity contribution in [2.45, 2.75) is 38.0 Å². The summed E-state index contributed by atoms with van der Waals surface area (Å²) in [5.41, 5.74) is -3.80. The Morgan fingerprint density at radius 2 is 1.26 bits per heavy atom. The summed E-state index contributed by atoms with van der Waals surface area (Å²) in [5, 5.41) is 8.41. The molecule has 1 aromatic rings. The van der Waals surface area contributed by atoms with Crippen molar-refractivity contribution in [3.05, 3.63) is 34.9 Å². The van der Waals surface area contributed by atoms with E-state index in [0.29, 0.717) is 12.1 Å². The molecule has 0 fully saturated rings. The number of carboxylic acid groups (broad SMARTS) is 1. The molecule has 23 heavy (non-hydrogen) atoms. The maximum atomic E-state index is 12.7. The van der Waals surface area contributed by atoms with Crippen LogP contribution in [0.4, 0.5) is 26.3 Å². The van der Waals surface area contributed by atoms with Crippen molar-refractivity contribution < 1.29 is 41.0 Å². The normalized spacial score (nSPS) is 12.3. The minimum atomic E-state index is -5.01. The average Bonchev–Trinajstić information content (AvgIpc) is 2.40. The summed E-state index contributed by atoms with van der Waals surface area (Å²) in [7, 11) is 0. The van der Waals surface area contributed by atoms with Crippen molar-refractivity contribution in [3.8, 4) is 0 Å². The van der Waals surface area contributed by atoms with Crippen LogP contribution >= 0.6 is 0 Å². The van der Waals surface area contributed by atoms with E-state index in [4.69, 9.17) is 5.11 Å². The summed E-state index contributed by atoms with van der Waals surface area (Å²) >= 11 is 0. The zero-order chi connectivity index (χ0) is 17.8. The fraction of sp³-hybridized carbons (Fsp3) is 0.429. The molecule has 0 heterocycles. The van der Waals surface area contributed by atoms with Crippen molar-refractivity contribution in [3.63, 3.8) is 0 Å². The molecule has 0 saturated heterocycles. The van der Waals surface area contributed by atoms with Gasteiger partial charge < -0.3 is 5.11 Å². The van der Waals surface area contributed by atoms with Crippen molar-refractivity contribution in [2.75, 3.05) is 0 Å². The molecule has 3 nitrogen and oxygen atoms in total. The Morgan fingerprint density at radius 1 is 0.826 bits per heavy atom. The lowest BCUT2D eigenvalue weighted by Crippen LogP contribution is -2.13. The van der Waals surface area contributed by atoms with E-state index in [2.05, 4.69) is 0 Å². The molecule has 0 aliphatic carbocycles. The highest BCUT2D eigenvalue weighted by Gasteiger charge is 2.37. The quantitative estimate of drug-likeness (QED) is 0.469. The van der Waals surface area contributed by atoms with Crippen molar-refractivity contribution in [2.24, 2.45) is 0 Å². The number of carboxylic acids is 1. The number of carbonyl (C=O) groups excluding carboxylic acids is 1. The third kappa shape index (κ3) is 5.91. The number of unbranched alkanes of at least 4 members (excludes halogenated alkanes) is 1. The molecular weight excluding hydrogens is 330 g/mol. The minimum absolute atomic E-state index is 0.0544. The van der Waals surface area contributed by atoms with Gasteiger partial charge in [0.1, 0.15) is 0 Å². The van der Waals surface area contributed by atoms with Crippen LogP contribution in [0.3, 0.4) is 0 Å². The maximum Gasteiger partial charge on any atom is 0.416 e. The van der Waals surface area contributed by atoms with E-state index in [-0.39, 0.29) is 31.7 Å². The van der Waals surface area contributed by atoms with Crippen LogP contribution in [-0.2, 0) is 17.1 Å². The fourth-order valence-electron chi connectivity index (χ4n) is 1.82.